The molecule has 5 aromatic carbocycles. The van der Waals surface area contributed by atoms with E-state index < -0.39 is 38.1 Å². The molecule has 58 heavy (non-hydrogen) atoms. The Balaban J connectivity index is 1.46. The second-order valence-electron chi connectivity index (χ2n) is 15.9. The zero-order valence-electron chi connectivity index (χ0n) is 33.8. The second-order valence-corrected chi connectivity index (χ2v) is 21.9. The zero-order chi connectivity index (χ0) is 42.1. The standard InChI is InChI=1S/C46H50BrCl2NO7Si/c1-45(2,3)57-44(52)50-40(43(51)53-7)28-31-19-25-41(37(47)26-31)56-42(33-20-22-34(23-21-33)54-29-32-18-24-38(48)39(49)27-32)30-55-58(46(4,5)6,35-14-10-8-11-15-35)36-16-12-9-13-17-36/h8-27,40,42H,28-30H2,1-7H3,(H,50,52). The Kier molecular flexibility index (Phi) is 15.1. The first-order chi connectivity index (χ1) is 27.5. The monoisotopic (exact) mass is 905 g/mol. The van der Waals surface area contributed by atoms with Crippen molar-refractivity contribution in [2.75, 3.05) is 13.7 Å². The van der Waals surface area contributed by atoms with Crippen molar-refractivity contribution in [3.8, 4) is 11.5 Å². The first-order valence-electron chi connectivity index (χ1n) is 18.9. The molecule has 0 aromatic heterocycles. The number of esters is 1. The van der Waals surface area contributed by atoms with Gasteiger partial charge in [0, 0.05) is 6.42 Å². The molecule has 0 bridgehead atoms. The summed E-state index contributed by atoms with van der Waals surface area (Å²) >= 11 is 16.1. The van der Waals surface area contributed by atoms with Gasteiger partial charge in [-0.25, -0.2) is 9.59 Å². The summed E-state index contributed by atoms with van der Waals surface area (Å²) in [5.41, 5.74) is 1.80. The average Bonchev–Trinajstić information content (AvgIpc) is 3.18. The van der Waals surface area contributed by atoms with Crippen molar-refractivity contribution in [3.63, 3.8) is 0 Å². The third kappa shape index (κ3) is 11.7. The Labute approximate surface area is 361 Å². The maximum Gasteiger partial charge on any atom is 0.408 e. The van der Waals surface area contributed by atoms with Crippen LogP contribution in [0.15, 0.2) is 126 Å². The van der Waals surface area contributed by atoms with Crippen LogP contribution in [0.1, 0.15) is 64.3 Å². The van der Waals surface area contributed by atoms with Crippen molar-refractivity contribution in [2.45, 2.75) is 77.4 Å². The number of ether oxygens (including phenoxy) is 4. The van der Waals surface area contributed by atoms with Crippen LogP contribution in [0.5, 0.6) is 11.5 Å². The summed E-state index contributed by atoms with van der Waals surface area (Å²) in [6.45, 7) is 12.5. The minimum atomic E-state index is -2.94. The second kappa shape index (κ2) is 19.6. The summed E-state index contributed by atoms with van der Waals surface area (Å²) in [7, 11) is -1.66. The molecule has 5 aromatic rings. The highest BCUT2D eigenvalue weighted by Gasteiger charge is 2.50. The summed E-state index contributed by atoms with van der Waals surface area (Å²) in [5.74, 6) is 0.647. The molecule has 0 aliphatic heterocycles. The van der Waals surface area contributed by atoms with E-state index in [1.165, 1.54) is 7.11 Å². The van der Waals surface area contributed by atoms with E-state index in [0.717, 1.165) is 27.1 Å². The van der Waals surface area contributed by atoms with Gasteiger partial charge in [0.2, 0.25) is 0 Å². The van der Waals surface area contributed by atoms with Crippen LogP contribution in [0.25, 0.3) is 0 Å². The van der Waals surface area contributed by atoms with Crippen LogP contribution in [0.2, 0.25) is 15.1 Å². The maximum atomic E-state index is 12.7. The normalized spacial score (nSPS) is 12.9. The molecule has 0 fully saturated rings. The molecule has 2 unspecified atom stereocenters. The highest BCUT2D eigenvalue weighted by molar-refractivity contribution is 9.10. The van der Waals surface area contributed by atoms with Gasteiger partial charge in [0.15, 0.2) is 0 Å². The molecule has 12 heteroatoms. The van der Waals surface area contributed by atoms with Crippen LogP contribution in [-0.4, -0.2) is 45.7 Å². The first-order valence-corrected chi connectivity index (χ1v) is 22.4. The Morgan fingerprint density at radius 3 is 1.90 bits per heavy atom. The summed E-state index contributed by atoms with van der Waals surface area (Å²) < 4.78 is 31.4. The molecule has 0 radical (unpaired) electrons. The van der Waals surface area contributed by atoms with Gasteiger partial charge in [-0.05, 0) is 105 Å². The molecule has 0 heterocycles. The minimum Gasteiger partial charge on any atom is -0.489 e. The van der Waals surface area contributed by atoms with Gasteiger partial charge in [0.05, 0.1) is 28.2 Å². The number of carbonyl (C=O) groups is 2. The molecule has 2 atom stereocenters. The molecule has 0 saturated carbocycles. The van der Waals surface area contributed by atoms with Gasteiger partial charge in [-0.2, -0.15) is 0 Å². The van der Waals surface area contributed by atoms with E-state index in [9.17, 15) is 9.59 Å². The molecular weight excluding hydrogens is 857 g/mol. The predicted molar refractivity (Wildman–Crippen MR) is 237 cm³/mol. The van der Waals surface area contributed by atoms with Gasteiger partial charge in [-0.15, -0.1) is 0 Å². The summed E-state index contributed by atoms with van der Waals surface area (Å²) in [6.07, 6.45) is -1.10. The van der Waals surface area contributed by atoms with Crippen LogP contribution in [-0.2, 0) is 31.7 Å². The lowest BCUT2D eigenvalue weighted by atomic mass is 10.1. The Bertz CT molecular complexity index is 2100. The number of nitrogens with one attached hydrogen (secondary N) is 1. The number of benzene rings is 5. The molecule has 306 valence electrons. The van der Waals surface area contributed by atoms with Gasteiger partial charge in [0.25, 0.3) is 8.32 Å². The number of hydrogen-bond acceptors (Lipinski definition) is 7. The SMILES string of the molecule is COC(=O)C(Cc1ccc(OC(CO[Si](c2ccccc2)(c2ccccc2)C(C)(C)C)c2ccc(OCc3ccc(Cl)c(Cl)c3)cc2)c(Br)c1)NC(=O)OC(C)(C)C. The smallest absolute Gasteiger partial charge is 0.408 e. The Hall–Kier alpha value is -4.32. The third-order valence-electron chi connectivity index (χ3n) is 9.39. The molecule has 0 saturated heterocycles. The number of halogens is 3. The molecule has 0 spiro atoms. The van der Waals surface area contributed by atoms with Gasteiger partial charge >= 0.3 is 12.1 Å². The van der Waals surface area contributed by atoms with Crippen molar-refractivity contribution in [3.05, 3.63) is 153 Å². The van der Waals surface area contributed by atoms with E-state index in [-0.39, 0.29) is 18.1 Å². The average molecular weight is 908 g/mol. The van der Waals surface area contributed by atoms with E-state index in [4.69, 9.17) is 46.6 Å². The molecule has 5 rings (SSSR count). The molecule has 0 aliphatic rings. The summed E-state index contributed by atoms with van der Waals surface area (Å²) in [5, 5.41) is 5.66. The third-order valence-corrected chi connectivity index (χ3v) is 15.8. The van der Waals surface area contributed by atoms with Crippen molar-refractivity contribution >= 4 is 69.9 Å². The number of rotatable bonds is 15. The van der Waals surface area contributed by atoms with Crippen molar-refractivity contribution in [1.82, 2.24) is 5.32 Å². The van der Waals surface area contributed by atoms with E-state index >= 15 is 0 Å². The largest absolute Gasteiger partial charge is 0.489 e. The van der Waals surface area contributed by atoms with Crippen molar-refractivity contribution < 1.29 is 33.0 Å². The van der Waals surface area contributed by atoms with Crippen LogP contribution >= 0.6 is 39.1 Å². The van der Waals surface area contributed by atoms with E-state index in [1.807, 2.05) is 60.7 Å². The lowest BCUT2D eigenvalue weighted by molar-refractivity contribution is -0.143. The number of hydrogen-bond donors (Lipinski definition) is 1. The lowest BCUT2D eigenvalue weighted by Crippen LogP contribution is -2.66. The van der Waals surface area contributed by atoms with Gasteiger partial charge in [-0.1, -0.05) is 129 Å². The highest BCUT2D eigenvalue weighted by Crippen LogP contribution is 2.39. The van der Waals surface area contributed by atoms with Crippen molar-refractivity contribution in [1.29, 1.82) is 0 Å². The number of amides is 1. The van der Waals surface area contributed by atoms with Crippen LogP contribution in [0.3, 0.4) is 0 Å². The molecule has 0 aliphatic carbocycles. The number of methoxy groups -OCH3 is 1. The Morgan fingerprint density at radius 1 is 0.759 bits per heavy atom. The van der Waals surface area contributed by atoms with E-state index in [0.29, 0.717) is 32.6 Å². The fourth-order valence-electron chi connectivity index (χ4n) is 6.68. The topological polar surface area (TPSA) is 92.3 Å². The minimum absolute atomic E-state index is 0.162. The van der Waals surface area contributed by atoms with Crippen LogP contribution in [0.4, 0.5) is 4.79 Å². The van der Waals surface area contributed by atoms with Gasteiger partial charge in [-0.3, -0.25) is 0 Å². The molecule has 8 nitrogen and oxygen atoms in total. The van der Waals surface area contributed by atoms with Gasteiger partial charge < -0.3 is 28.7 Å². The van der Waals surface area contributed by atoms with Crippen LogP contribution in [0, 0.1) is 0 Å². The quantitative estimate of drug-likeness (QED) is 0.0826. The summed E-state index contributed by atoms with van der Waals surface area (Å²) in [4.78, 5) is 25.3. The molecular formula is C46H50BrCl2NO7Si. The lowest BCUT2D eigenvalue weighted by Gasteiger charge is -2.43. The van der Waals surface area contributed by atoms with Gasteiger partial charge in [0.1, 0.15) is 35.9 Å². The maximum absolute atomic E-state index is 12.7. The molecule has 1 N–H and O–H groups in total. The predicted octanol–water partition coefficient (Wildman–Crippen LogP) is 10.6. The fourth-order valence-corrected chi connectivity index (χ4v) is 12.1. The molecule has 1 amide bonds. The number of carbonyl (C=O) groups excluding carboxylic acids is 2. The van der Waals surface area contributed by atoms with Crippen molar-refractivity contribution in [2.24, 2.45) is 0 Å². The van der Waals surface area contributed by atoms with E-state index in [1.54, 1.807) is 32.9 Å². The first kappa shape index (κ1) is 44.8. The Morgan fingerprint density at radius 2 is 1.36 bits per heavy atom. The van der Waals surface area contributed by atoms with E-state index in [2.05, 4.69) is 90.5 Å². The van der Waals surface area contributed by atoms with Crippen LogP contribution < -0.4 is 25.2 Å². The highest BCUT2D eigenvalue weighted by atomic mass is 79.9. The summed E-state index contributed by atoms with van der Waals surface area (Å²) in [6, 6.07) is 38.7. The number of alkyl carbamates (subject to hydrolysis) is 1. The fraction of sp³-hybridized carbons (Fsp3) is 0.304. The zero-order valence-corrected chi connectivity index (χ0v) is 37.9.